The fourth-order valence-electron chi connectivity index (χ4n) is 2.12. The average molecular weight is 287 g/mol. The van der Waals surface area contributed by atoms with Crippen LogP contribution in [-0.4, -0.2) is 9.38 Å². The third-order valence-corrected chi connectivity index (χ3v) is 4.01. The second-order valence-corrected chi connectivity index (χ2v) is 5.80. The smallest absolute Gasteiger partial charge is 0.193 e. The molecular weight excluding hydrogens is 270 g/mol. The predicted molar refractivity (Wildman–Crippen MR) is 81.2 cm³/mol. The molecule has 0 spiro atoms. The normalized spacial score (nSPS) is 12.8. The zero-order chi connectivity index (χ0) is 14.1. The monoisotopic (exact) mass is 287 g/mol. The molecule has 2 aromatic heterocycles. The second kappa shape index (κ2) is 5.26. The molecule has 1 aromatic carbocycles. The molecule has 2 N–H and O–H groups in total. The highest BCUT2D eigenvalue weighted by Gasteiger charge is 2.07. The molecule has 0 fully saturated rings. The molecule has 0 aliphatic rings. The average Bonchev–Trinajstić information content (AvgIpc) is 2.97. The number of ether oxygens (including phenoxy) is 1. The van der Waals surface area contributed by atoms with Crippen molar-refractivity contribution in [3.05, 3.63) is 52.8 Å². The summed E-state index contributed by atoms with van der Waals surface area (Å²) in [4.78, 5) is 5.49. The van der Waals surface area contributed by atoms with E-state index in [1.165, 1.54) is 0 Å². The Kier molecular flexibility index (Phi) is 3.46. The third kappa shape index (κ3) is 2.55. The van der Waals surface area contributed by atoms with Crippen LogP contribution in [0.5, 0.6) is 5.75 Å². The van der Waals surface area contributed by atoms with E-state index in [9.17, 15) is 0 Å². The fourth-order valence-corrected chi connectivity index (χ4v) is 2.83. The van der Waals surface area contributed by atoms with Crippen LogP contribution in [0.4, 0.5) is 0 Å². The number of imidazole rings is 1. The maximum atomic E-state index is 5.88. The van der Waals surface area contributed by atoms with E-state index in [1.54, 1.807) is 11.3 Å². The first-order valence-electron chi connectivity index (χ1n) is 6.53. The zero-order valence-corrected chi connectivity index (χ0v) is 12.4. The van der Waals surface area contributed by atoms with E-state index < -0.39 is 0 Å². The van der Waals surface area contributed by atoms with Gasteiger partial charge >= 0.3 is 0 Å². The highest BCUT2D eigenvalue weighted by atomic mass is 32.1. The van der Waals surface area contributed by atoms with E-state index in [2.05, 4.69) is 11.1 Å². The molecule has 0 aliphatic carbocycles. The standard InChI is InChI=1S/C15H17N3OS/c1-10-7-12(11(2)16)3-4-14(10)19-9-13-8-18-5-6-20-15(18)17-13/h3-8,11H,9,16H2,1-2H3. The maximum Gasteiger partial charge on any atom is 0.193 e. The van der Waals surface area contributed by atoms with Gasteiger partial charge in [0.05, 0.1) is 5.69 Å². The van der Waals surface area contributed by atoms with Crippen LogP contribution in [0.15, 0.2) is 36.0 Å². The largest absolute Gasteiger partial charge is 0.487 e. The molecule has 0 saturated carbocycles. The summed E-state index contributed by atoms with van der Waals surface area (Å²) in [7, 11) is 0. The van der Waals surface area contributed by atoms with Crippen LogP contribution in [0.1, 0.15) is 29.8 Å². The molecule has 0 saturated heterocycles. The van der Waals surface area contributed by atoms with Gasteiger partial charge in [-0.2, -0.15) is 0 Å². The van der Waals surface area contributed by atoms with Crippen molar-refractivity contribution in [1.29, 1.82) is 0 Å². The number of aryl methyl sites for hydroxylation is 1. The van der Waals surface area contributed by atoms with Crippen LogP contribution in [0.25, 0.3) is 4.96 Å². The summed E-state index contributed by atoms with van der Waals surface area (Å²) in [6.45, 7) is 4.49. The summed E-state index contributed by atoms with van der Waals surface area (Å²) < 4.78 is 7.85. The molecule has 5 heteroatoms. The number of aromatic nitrogens is 2. The van der Waals surface area contributed by atoms with E-state index in [0.29, 0.717) is 6.61 Å². The number of benzene rings is 1. The van der Waals surface area contributed by atoms with Crippen molar-refractivity contribution in [2.24, 2.45) is 5.73 Å². The number of thiazole rings is 1. The van der Waals surface area contributed by atoms with Crippen molar-refractivity contribution in [1.82, 2.24) is 9.38 Å². The van der Waals surface area contributed by atoms with E-state index in [-0.39, 0.29) is 6.04 Å². The van der Waals surface area contributed by atoms with Gasteiger partial charge in [-0.05, 0) is 31.0 Å². The Balaban J connectivity index is 1.73. The molecular formula is C15H17N3OS. The molecule has 0 aliphatic heterocycles. The Morgan fingerprint density at radius 2 is 2.30 bits per heavy atom. The minimum Gasteiger partial charge on any atom is -0.487 e. The van der Waals surface area contributed by atoms with E-state index >= 15 is 0 Å². The Bertz CT molecular complexity index is 701. The van der Waals surface area contributed by atoms with Gasteiger partial charge in [0.15, 0.2) is 4.96 Å². The zero-order valence-electron chi connectivity index (χ0n) is 11.5. The fraction of sp³-hybridized carbons (Fsp3) is 0.267. The Morgan fingerprint density at radius 1 is 1.45 bits per heavy atom. The quantitative estimate of drug-likeness (QED) is 0.801. The second-order valence-electron chi connectivity index (χ2n) is 4.93. The summed E-state index contributed by atoms with van der Waals surface area (Å²) in [6, 6.07) is 6.11. The van der Waals surface area contributed by atoms with Gasteiger partial charge in [-0.1, -0.05) is 12.1 Å². The third-order valence-electron chi connectivity index (χ3n) is 3.24. The SMILES string of the molecule is Cc1cc(C(C)N)ccc1OCc1cn2ccsc2n1. The highest BCUT2D eigenvalue weighted by molar-refractivity contribution is 7.15. The van der Waals surface area contributed by atoms with Gasteiger partial charge in [0.25, 0.3) is 0 Å². The van der Waals surface area contributed by atoms with Crippen molar-refractivity contribution in [3.63, 3.8) is 0 Å². The van der Waals surface area contributed by atoms with Crippen LogP contribution in [0, 0.1) is 6.92 Å². The number of rotatable bonds is 4. The molecule has 3 aromatic rings. The molecule has 20 heavy (non-hydrogen) atoms. The summed E-state index contributed by atoms with van der Waals surface area (Å²) in [5.74, 6) is 0.880. The first kappa shape index (κ1) is 13.1. The lowest BCUT2D eigenvalue weighted by Gasteiger charge is -2.11. The Morgan fingerprint density at radius 3 is 3.00 bits per heavy atom. The van der Waals surface area contributed by atoms with E-state index in [1.807, 2.05) is 48.2 Å². The molecule has 104 valence electrons. The molecule has 0 bridgehead atoms. The van der Waals surface area contributed by atoms with Gasteiger partial charge in [0.2, 0.25) is 0 Å². The lowest BCUT2D eigenvalue weighted by atomic mass is 10.1. The van der Waals surface area contributed by atoms with Gasteiger partial charge in [0, 0.05) is 23.8 Å². The Labute approximate surface area is 121 Å². The van der Waals surface area contributed by atoms with Crippen LogP contribution < -0.4 is 10.5 Å². The molecule has 1 atom stereocenters. The van der Waals surface area contributed by atoms with Gasteiger partial charge in [-0.25, -0.2) is 4.98 Å². The van der Waals surface area contributed by atoms with Crippen LogP contribution in [0.3, 0.4) is 0 Å². The number of hydrogen-bond donors (Lipinski definition) is 1. The van der Waals surface area contributed by atoms with Crippen LogP contribution in [0.2, 0.25) is 0 Å². The van der Waals surface area contributed by atoms with Crippen molar-refractivity contribution >= 4 is 16.3 Å². The van der Waals surface area contributed by atoms with E-state index in [0.717, 1.165) is 27.5 Å². The summed E-state index contributed by atoms with van der Waals surface area (Å²) in [5, 5.41) is 2.02. The lowest BCUT2D eigenvalue weighted by Crippen LogP contribution is -2.05. The maximum absolute atomic E-state index is 5.88. The summed E-state index contributed by atoms with van der Waals surface area (Å²) >= 11 is 1.62. The van der Waals surface area contributed by atoms with Crippen molar-refractivity contribution < 1.29 is 4.74 Å². The molecule has 0 radical (unpaired) electrons. The predicted octanol–water partition coefficient (Wildman–Crippen LogP) is 3.30. The molecule has 4 nitrogen and oxygen atoms in total. The van der Waals surface area contributed by atoms with Gasteiger partial charge < -0.3 is 10.5 Å². The molecule has 3 rings (SSSR count). The van der Waals surface area contributed by atoms with Crippen molar-refractivity contribution in [3.8, 4) is 5.75 Å². The number of nitrogens with two attached hydrogens (primary N) is 1. The van der Waals surface area contributed by atoms with E-state index in [4.69, 9.17) is 10.5 Å². The van der Waals surface area contributed by atoms with Crippen LogP contribution in [-0.2, 0) is 6.61 Å². The lowest BCUT2D eigenvalue weighted by molar-refractivity contribution is 0.300. The summed E-state index contributed by atoms with van der Waals surface area (Å²) in [5.41, 5.74) is 9.03. The van der Waals surface area contributed by atoms with Crippen molar-refractivity contribution in [2.75, 3.05) is 0 Å². The van der Waals surface area contributed by atoms with Crippen LogP contribution >= 0.6 is 11.3 Å². The number of hydrogen-bond acceptors (Lipinski definition) is 4. The molecule has 0 amide bonds. The number of nitrogens with zero attached hydrogens (tertiary/aromatic N) is 2. The molecule has 2 heterocycles. The van der Waals surface area contributed by atoms with Gasteiger partial charge in [-0.15, -0.1) is 11.3 Å². The minimum absolute atomic E-state index is 0.0441. The summed E-state index contributed by atoms with van der Waals surface area (Å²) in [6.07, 6.45) is 4.00. The first-order valence-corrected chi connectivity index (χ1v) is 7.41. The minimum atomic E-state index is 0.0441. The number of fused-ring (bicyclic) bond motifs is 1. The molecule has 1 unspecified atom stereocenters. The van der Waals surface area contributed by atoms with Gasteiger partial charge in [-0.3, -0.25) is 4.40 Å². The van der Waals surface area contributed by atoms with Crippen molar-refractivity contribution in [2.45, 2.75) is 26.5 Å². The first-order chi connectivity index (χ1) is 9.63. The Hall–Kier alpha value is -1.85. The topological polar surface area (TPSA) is 52.5 Å². The van der Waals surface area contributed by atoms with Gasteiger partial charge in [0.1, 0.15) is 12.4 Å². The highest BCUT2D eigenvalue weighted by Crippen LogP contribution is 2.23.